The Labute approximate surface area is 118 Å². The molecular formula is C12H17N5O2S. The third kappa shape index (κ3) is 2.69. The molecule has 8 heteroatoms. The molecule has 2 rings (SSSR count). The zero-order chi connectivity index (χ0) is 14.9. The number of hydrogen-bond acceptors (Lipinski definition) is 5. The first-order chi connectivity index (χ1) is 9.31. The van der Waals surface area contributed by atoms with E-state index in [1.807, 2.05) is 25.1 Å². The lowest BCUT2D eigenvalue weighted by atomic mass is 10.3. The Hall–Kier alpha value is -2.22. The fourth-order valence-corrected chi connectivity index (χ4v) is 3.10. The average Bonchev–Trinajstić information content (AvgIpc) is 2.69. The fourth-order valence-electron chi connectivity index (χ4n) is 1.82. The highest BCUT2D eigenvalue weighted by molar-refractivity contribution is 7.92. The van der Waals surface area contributed by atoms with Crippen molar-refractivity contribution in [2.24, 2.45) is 7.05 Å². The maximum Gasteiger partial charge on any atom is 0.281 e. The predicted octanol–water partition coefficient (Wildman–Crippen LogP) is 0.869. The molecule has 0 bridgehead atoms. The van der Waals surface area contributed by atoms with E-state index in [1.165, 1.54) is 10.9 Å². The SMILES string of the molecule is CN(C)c1cccc(NS(=O)(=O)c2c(N)ncn2C)c1. The maximum absolute atomic E-state index is 12.3. The van der Waals surface area contributed by atoms with Gasteiger partial charge in [-0.3, -0.25) is 4.72 Å². The number of sulfonamides is 1. The lowest BCUT2D eigenvalue weighted by Crippen LogP contribution is -2.18. The van der Waals surface area contributed by atoms with Gasteiger partial charge in [0.25, 0.3) is 10.0 Å². The summed E-state index contributed by atoms with van der Waals surface area (Å²) in [4.78, 5) is 5.67. The number of nitrogens with two attached hydrogens (primary N) is 1. The minimum absolute atomic E-state index is 0.0243. The van der Waals surface area contributed by atoms with Crippen LogP contribution in [0.5, 0.6) is 0 Å². The number of imidazole rings is 1. The van der Waals surface area contributed by atoms with E-state index in [1.54, 1.807) is 25.2 Å². The number of nitrogens with zero attached hydrogens (tertiary/aromatic N) is 3. The van der Waals surface area contributed by atoms with Crippen molar-refractivity contribution in [3.8, 4) is 0 Å². The van der Waals surface area contributed by atoms with Gasteiger partial charge in [-0.25, -0.2) is 4.98 Å². The molecule has 108 valence electrons. The van der Waals surface area contributed by atoms with Crippen LogP contribution in [0.15, 0.2) is 35.6 Å². The molecule has 0 aliphatic heterocycles. The van der Waals surface area contributed by atoms with Gasteiger partial charge in [-0.1, -0.05) is 6.07 Å². The number of aryl methyl sites for hydroxylation is 1. The smallest absolute Gasteiger partial charge is 0.281 e. The van der Waals surface area contributed by atoms with Crippen molar-refractivity contribution < 1.29 is 8.42 Å². The topological polar surface area (TPSA) is 93.2 Å². The molecule has 20 heavy (non-hydrogen) atoms. The summed E-state index contributed by atoms with van der Waals surface area (Å²) in [5, 5.41) is -0.0484. The zero-order valence-corrected chi connectivity index (χ0v) is 12.3. The molecule has 0 saturated carbocycles. The van der Waals surface area contributed by atoms with Gasteiger partial charge in [0.15, 0.2) is 10.8 Å². The Morgan fingerprint density at radius 3 is 2.60 bits per heavy atom. The minimum atomic E-state index is -3.77. The zero-order valence-electron chi connectivity index (χ0n) is 11.5. The Kier molecular flexibility index (Phi) is 3.58. The van der Waals surface area contributed by atoms with E-state index < -0.39 is 10.0 Å². The predicted molar refractivity (Wildman–Crippen MR) is 79.2 cm³/mol. The lowest BCUT2D eigenvalue weighted by Gasteiger charge is -2.14. The van der Waals surface area contributed by atoms with E-state index in [0.717, 1.165) is 5.69 Å². The largest absolute Gasteiger partial charge is 0.381 e. The molecule has 0 fully saturated rings. The molecule has 0 spiro atoms. The van der Waals surface area contributed by atoms with Gasteiger partial charge in [0.2, 0.25) is 0 Å². The second-order valence-electron chi connectivity index (χ2n) is 4.60. The normalized spacial score (nSPS) is 11.3. The third-order valence-corrected chi connectivity index (χ3v) is 4.29. The number of nitrogens with one attached hydrogen (secondary N) is 1. The summed E-state index contributed by atoms with van der Waals surface area (Å²) in [6, 6.07) is 7.08. The van der Waals surface area contributed by atoms with Crippen LogP contribution in [0.4, 0.5) is 17.2 Å². The number of benzene rings is 1. The highest BCUT2D eigenvalue weighted by atomic mass is 32.2. The number of hydrogen-bond donors (Lipinski definition) is 2. The third-order valence-electron chi connectivity index (χ3n) is 2.78. The number of rotatable bonds is 4. The first kappa shape index (κ1) is 14.2. The molecule has 3 N–H and O–H groups in total. The Morgan fingerprint density at radius 2 is 2.05 bits per heavy atom. The Morgan fingerprint density at radius 1 is 1.35 bits per heavy atom. The second kappa shape index (κ2) is 5.04. The van der Waals surface area contributed by atoms with Crippen LogP contribution in [0.3, 0.4) is 0 Å². The summed E-state index contributed by atoms with van der Waals surface area (Å²) in [5.74, 6) is -0.0243. The van der Waals surface area contributed by atoms with Crippen LogP contribution in [-0.4, -0.2) is 32.1 Å². The van der Waals surface area contributed by atoms with Gasteiger partial charge < -0.3 is 15.2 Å². The van der Waals surface area contributed by atoms with Crippen LogP contribution in [-0.2, 0) is 17.1 Å². The van der Waals surface area contributed by atoms with E-state index in [-0.39, 0.29) is 10.8 Å². The van der Waals surface area contributed by atoms with Gasteiger partial charge in [0.05, 0.1) is 12.0 Å². The van der Waals surface area contributed by atoms with Crippen LogP contribution in [0.1, 0.15) is 0 Å². The maximum atomic E-state index is 12.3. The molecule has 7 nitrogen and oxygen atoms in total. The van der Waals surface area contributed by atoms with Gasteiger partial charge in [-0.05, 0) is 18.2 Å². The van der Waals surface area contributed by atoms with Gasteiger partial charge in [0, 0.05) is 26.8 Å². The van der Waals surface area contributed by atoms with Crippen molar-refractivity contribution in [3.63, 3.8) is 0 Å². The van der Waals surface area contributed by atoms with Crippen molar-refractivity contribution in [2.45, 2.75) is 5.03 Å². The molecule has 1 aromatic carbocycles. The summed E-state index contributed by atoms with van der Waals surface area (Å²) in [5.41, 5.74) is 6.96. The first-order valence-corrected chi connectivity index (χ1v) is 7.36. The molecular weight excluding hydrogens is 278 g/mol. The van der Waals surface area contributed by atoms with Crippen molar-refractivity contribution in [3.05, 3.63) is 30.6 Å². The van der Waals surface area contributed by atoms with E-state index in [9.17, 15) is 8.42 Å². The summed E-state index contributed by atoms with van der Waals surface area (Å²) < 4.78 is 28.5. The van der Waals surface area contributed by atoms with Crippen molar-refractivity contribution >= 4 is 27.2 Å². The van der Waals surface area contributed by atoms with E-state index in [4.69, 9.17) is 5.73 Å². The van der Waals surface area contributed by atoms with E-state index >= 15 is 0 Å². The van der Waals surface area contributed by atoms with Gasteiger partial charge in [-0.15, -0.1) is 0 Å². The van der Waals surface area contributed by atoms with Crippen LogP contribution < -0.4 is 15.4 Å². The summed E-state index contributed by atoms with van der Waals surface area (Å²) >= 11 is 0. The highest BCUT2D eigenvalue weighted by Gasteiger charge is 2.22. The monoisotopic (exact) mass is 295 g/mol. The molecule has 0 unspecified atom stereocenters. The highest BCUT2D eigenvalue weighted by Crippen LogP contribution is 2.22. The number of anilines is 3. The van der Waals surface area contributed by atoms with E-state index in [0.29, 0.717) is 5.69 Å². The van der Waals surface area contributed by atoms with Gasteiger partial charge >= 0.3 is 0 Å². The van der Waals surface area contributed by atoms with Crippen molar-refractivity contribution in [1.29, 1.82) is 0 Å². The minimum Gasteiger partial charge on any atom is -0.381 e. The molecule has 0 radical (unpaired) electrons. The molecule has 0 aliphatic carbocycles. The number of aromatic nitrogens is 2. The summed E-state index contributed by atoms with van der Waals surface area (Å²) in [6.07, 6.45) is 1.36. The lowest BCUT2D eigenvalue weighted by molar-refractivity contribution is 0.592. The quantitative estimate of drug-likeness (QED) is 0.873. The average molecular weight is 295 g/mol. The van der Waals surface area contributed by atoms with Gasteiger partial charge in [-0.2, -0.15) is 8.42 Å². The van der Waals surface area contributed by atoms with Crippen LogP contribution >= 0.6 is 0 Å². The number of nitrogen functional groups attached to an aromatic ring is 1. The second-order valence-corrected chi connectivity index (χ2v) is 6.19. The molecule has 0 saturated heterocycles. The van der Waals surface area contributed by atoms with Crippen molar-refractivity contribution in [2.75, 3.05) is 29.5 Å². The van der Waals surface area contributed by atoms with E-state index in [2.05, 4.69) is 9.71 Å². The first-order valence-electron chi connectivity index (χ1n) is 5.88. The Balaban J connectivity index is 2.36. The molecule has 2 aromatic rings. The Bertz CT molecular complexity index is 702. The van der Waals surface area contributed by atoms with Gasteiger partial charge in [0.1, 0.15) is 0 Å². The van der Waals surface area contributed by atoms with Crippen LogP contribution in [0.25, 0.3) is 0 Å². The molecule has 1 aromatic heterocycles. The molecule has 0 amide bonds. The molecule has 1 heterocycles. The molecule has 0 aliphatic rings. The fraction of sp³-hybridized carbons (Fsp3) is 0.250. The van der Waals surface area contributed by atoms with Crippen LogP contribution in [0, 0.1) is 0 Å². The standard InChI is InChI=1S/C12H17N5O2S/c1-16(2)10-6-4-5-9(7-10)15-20(18,19)12-11(13)14-8-17(12)3/h4-8,15H,13H2,1-3H3. The summed E-state index contributed by atoms with van der Waals surface area (Å²) in [6.45, 7) is 0. The summed E-state index contributed by atoms with van der Waals surface area (Å²) in [7, 11) is 1.57. The molecule has 0 atom stereocenters. The van der Waals surface area contributed by atoms with Crippen molar-refractivity contribution in [1.82, 2.24) is 9.55 Å². The van der Waals surface area contributed by atoms with Crippen LogP contribution in [0.2, 0.25) is 0 Å².